The summed E-state index contributed by atoms with van der Waals surface area (Å²) < 4.78 is 1.99. The number of nitrogens with zero attached hydrogens (tertiary/aromatic N) is 4. The van der Waals surface area contributed by atoms with Crippen LogP contribution in [0.4, 0.5) is 0 Å². The van der Waals surface area contributed by atoms with Gasteiger partial charge in [0.15, 0.2) is 0 Å². The Morgan fingerprint density at radius 1 is 1.21 bits per heavy atom. The van der Waals surface area contributed by atoms with Crippen molar-refractivity contribution >= 4 is 5.97 Å². The molecule has 0 radical (unpaired) electrons. The van der Waals surface area contributed by atoms with Gasteiger partial charge in [0.05, 0.1) is 17.8 Å². The van der Waals surface area contributed by atoms with Gasteiger partial charge in [0.1, 0.15) is 0 Å². The third-order valence-electron chi connectivity index (χ3n) is 5.04. The minimum Gasteiger partial charge on any atom is -0.478 e. The van der Waals surface area contributed by atoms with Crippen molar-refractivity contribution in [1.29, 1.82) is 0 Å². The zero-order chi connectivity index (χ0) is 16.5. The molecule has 1 saturated heterocycles. The first-order valence-corrected chi connectivity index (χ1v) is 8.65. The maximum absolute atomic E-state index is 10.9. The summed E-state index contributed by atoms with van der Waals surface area (Å²) >= 11 is 0. The highest BCUT2D eigenvalue weighted by atomic mass is 16.4. The van der Waals surface area contributed by atoms with Crippen molar-refractivity contribution in [1.82, 2.24) is 19.9 Å². The molecule has 6 nitrogen and oxygen atoms in total. The highest BCUT2D eigenvalue weighted by Gasteiger charge is 2.28. The van der Waals surface area contributed by atoms with Gasteiger partial charge in [-0.25, -0.2) is 4.79 Å². The number of benzene rings is 1. The molecule has 1 N–H and O–H groups in total. The van der Waals surface area contributed by atoms with Gasteiger partial charge < -0.3 is 5.11 Å². The molecule has 1 aromatic carbocycles. The number of carboxylic acid groups (broad SMARTS) is 1. The highest BCUT2D eigenvalue weighted by Crippen LogP contribution is 2.38. The molecule has 0 amide bonds. The molecule has 1 aliphatic carbocycles. The third-order valence-corrected chi connectivity index (χ3v) is 5.04. The maximum atomic E-state index is 10.9. The Balaban J connectivity index is 1.39. The van der Waals surface area contributed by atoms with E-state index in [1.807, 2.05) is 16.8 Å². The van der Waals surface area contributed by atoms with Crippen LogP contribution in [0.15, 0.2) is 30.5 Å². The van der Waals surface area contributed by atoms with Gasteiger partial charge >= 0.3 is 5.97 Å². The summed E-state index contributed by atoms with van der Waals surface area (Å²) in [5, 5.41) is 17.6. The summed E-state index contributed by atoms with van der Waals surface area (Å²) in [7, 11) is 0. The van der Waals surface area contributed by atoms with Crippen LogP contribution in [0.3, 0.4) is 0 Å². The Hall–Kier alpha value is -2.21. The van der Waals surface area contributed by atoms with E-state index in [9.17, 15) is 4.79 Å². The first kappa shape index (κ1) is 15.3. The van der Waals surface area contributed by atoms with Gasteiger partial charge in [-0.15, -0.1) is 5.10 Å². The number of aromatic carboxylic acids is 1. The molecule has 6 heteroatoms. The fraction of sp³-hybridized carbons (Fsp3) is 0.500. The second-order valence-corrected chi connectivity index (χ2v) is 6.91. The first-order chi connectivity index (χ1) is 11.7. The molecular formula is C18H22N4O2. The van der Waals surface area contributed by atoms with Crippen molar-refractivity contribution in [2.24, 2.45) is 0 Å². The van der Waals surface area contributed by atoms with Crippen LogP contribution < -0.4 is 0 Å². The van der Waals surface area contributed by atoms with Crippen molar-refractivity contribution in [2.75, 3.05) is 6.54 Å². The molecule has 2 heterocycles. The van der Waals surface area contributed by atoms with E-state index in [-0.39, 0.29) is 0 Å². The van der Waals surface area contributed by atoms with Crippen molar-refractivity contribution in [3.05, 3.63) is 47.3 Å². The lowest BCUT2D eigenvalue weighted by atomic mass is 10.1. The lowest BCUT2D eigenvalue weighted by Gasteiger charge is -2.24. The van der Waals surface area contributed by atoms with Crippen LogP contribution in [0.25, 0.3) is 0 Å². The van der Waals surface area contributed by atoms with E-state index >= 15 is 0 Å². The third kappa shape index (κ3) is 3.33. The molecule has 2 aromatic rings. The van der Waals surface area contributed by atoms with Crippen molar-refractivity contribution < 1.29 is 9.90 Å². The van der Waals surface area contributed by atoms with Gasteiger partial charge in [0.25, 0.3) is 0 Å². The Morgan fingerprint density at radius 2 is 2.00 bits per heavy atom. The summed E-state index contributed by atoms with van der Waals surface area (Å²) in [6.45, 7) is 2.82. The summed E-state index contributed by atoms with van der Waals surface area (Å²) in [4.78, 5) is 13.4. The number of likely N-dealkylation sites (tertiary alicyclic amines) is 1. The molecule has 0 bridgehead atoms. The number of hydrogen-bond acceptors (Lipinski definition) is 4. The molecule has 1 aromatic heterocycles. The Morgan fingerprint density at radius 3 is 2.71 bits per heavy atom. The van der Waals surface area contributed by atoms with Crippen LogP contribution in [0.1, 0.15) is 53.2 Å². The molecule has 4 rings (SSSR count). The highest BCUT2D eigenvalue weighted by molar-refractivity contribution is 5.87. The van der Waals surface area contributed by atoms with E-state index in [4.69, 9.17) is 5.11 Å². The molecule has 1 saturated carbocycles. The standard InChI is InChI=1S/C18H22N4O2/c23-18(24)15-5-3-13(4-6-15)10-21-9-1-2-16(21)11-22-12-17(19-20-22)14-7-8-14/h3-6,12,14,16H,1-2,7-11H2,(H,23,24)/t16-/m0/s1. The molecule has 2 aliphatic rings. The van der Waals surface area contributed by atoms with Gasteiger partial charge in [-0.1, -0.05) is 17.3 Å². The van der Waals surface area contributed by atoms with Crippen LogP contribution in [-0.2, 0) is 13.1 Å². The molecule has 1 aliphatic heterocycles. The number of carbonyl (C=O) groups is 1. The summed E-state index contributed by atoms with van der Waals surface area (Å²) in [5.74, 6) is -0.232. The van der Waals surface area contributed by atoms with Gasteiger partial charge in [-0.3, -0.25) is 9.58 Å². The fourth-order valence-corrected chi connectivity index (χ4v) is 3.48. The zero-order valence-electron chi connectivity index (χ0n) is 13.6. The molecule has 0 spiro atoms. The van der Waals surface area contributed by atoms with Crippen LogP contribution in [-0.4, -0.2) is 43.6 Å². The van der Waals surface area contributed by atoms with Crippen LogP contribution in [0, 0.1) is 0 Å². The van der Waals surface area contributed by atoms with E-state index in [1.54, 1.807) is 12.1 Å². The van der Waals surface area contributed by atoms with Crippen molar-refractivity contribution in [2.45, 2.75) is 50.7 Å². The van der Waals surface area contributed by atoms with E-state index in [0.29, 0.717) is 17.5 Å². The van der Waals surface area contributed by atoms with Crippen molar-refractivity contribution in [3.63, 3.8) is 0 Å². The van der Waals surface area contributed by atoms with E-state index in [1.165, 1.54) is 25.7 Å². The smallest absolute Gasteiger partial charge is 0.335 e. The lowest BCUT2D eigenvalue weighted by Crippen LogP contribution is -2.32. The van der Waals surface area contributed by atoms with Gasteiger partial charge in [-0.05, 0) is 49.9 Å². The normalized spacial score (nSPS) is 21.2. The van der Waals surface area contributed by atoms with E-state index in [0.717, 1.165) is 30.9 Å². The number of rotatable bonds is 6. The molecule has 0 unspecified atom stereocenters. The molecule has 24 heavy (non-hydrogen) atoms. The predicted octanol–water partition coefficient (Wildman–Crippen LogP) is 2.52. The summed E-state index contributed by atoms with van der Waals surface area (Å²) in [6, 6.07) is 7.67. The Labute approximate surface area is 141 Å². The molecule has 126 valence electrons. The topological polar surface area (TPSA) is 71.2 Å². The van der Waals surface area contributed by atoms with Crippen LogP contribution >= 0.6 is 0 Å². The van der Waals surface area contributed by atoms with E-state index in [2.05, 4.69) is 21.4 Å². The van der Waals surface area contributed by atoms with Gasteiger partial charge in [0.2, 0.25) is 0 Å². The second kappa shape index (κ2) is 6.36. The second-order valence-electron chi connectivity index (χ2n) is 6.91. The summed E-state index contributed by atoms with van der Waals surface area (Å²) in [6.07, 6.45) is 6.98. The van der Waals surface area contributed by atoms with E-state index < -0.39 is 5.97 Å². The van der Waals surface area contributed by atoms with Gasteiger partial charge in [0, 0.05) is 24.7 Å². The monoisotopic (exact) mass is 326 g/mol. The number of carboxylic acids is 1. The first-order valence-electron chi connectivity index (χ1n) is 8.65. The zero-order valence-corrected chi connectivity index (χ0v) is 13.6. The quantitative estimate of drug-likeness (QED) is 0.883. The van der Waals surface area contributed by atoms with Crippen LogP contribution in [0.5, 0.6) is 0 Å². The maximum Gasteiger partial charge on any atom is 0.335 e. The predicted molar refractivity (Wildman–Crippen MR) is 88.8 cm³/mol. The SMILES string of the molecule is O=C(O)c1ccc(CN2CCC[C@H]2Cn2cc(C3CC3)nn2)cc1. The molecule has 2 fully saturated rings. The average Bonchev–Trinajstić information content (AvgIpc) is 3.18. The Bertz CT molecular complexity index is 721. The minimum atomic E-state index is -0.877. The van der Waals surface area contributed by atoms with Crippen LogP contribution in [0.2, 0.25) is 0 Å². The van der Waals surface area contributed by atoms with Crippen molar-refractivity contribution in [3.8, 4) is 0 Å². The number of hydrogen-bond donors (Lipinski definition) is 1. The Kier molecular flexibility index (Phi) is 4.06. The minimum absolute atomic E-state index is 0.340. The van der Waals surface area contributed by atoms with Gasteiger partial charge in [-0.2, -0.15) is 0 Å². The number of aromatic nitrogens is 3. The summed E-state index contributed by atoms with van der Waals surface area (Å²) in [5.41, 5.74) is 2.64. The molecule has 1 atom stereocenters. The lowest BCUT2D eigenvalue weighted by molar-refractivity contribution is 0.0697. The average molecular weight is 326 g/mol. The largest absolute Gasteiger partial charge is 0.478 e. The molecular weight excluding hydrogens is 304 g/mol. The fourth-order valence-electron chi connectivity index (χ4n) is 3.48.